The van der Waals surface area contributed by atoms with E-state index < -0.39 is 0 Å². The van der Waals surface area contributed by atoms with Crippen molar-refractivity contribution in [2.45, 2.75) is 38.9 Å². The summed E-state index contributed by atoms with van der Waals surface area (Å²) in [5.41, 5.74) is 0.459. The Kier molecular flexibility index (Phi) is 4.53. The predicted octanol–water partition coefficient (Wildman–Crippen LogP) is 2.39. The van der Waals surface area contributed by atoms with E-state index in [4.69, 9.17) is 4.74 Å². The first-order valence-corrected chi connectivity index (χ1v) is 6.73. The zero-order chi connectivity index (χ0) is 13.8. The molecule has 104 valence electrons. The molecule has 19 heavy (non-hydrogen) atoms. The molecule has 0 aromatic heterocycles. The minimum absolute atomic E-state index is 0.0278. The zero-order valence-electron chi connectivity index (χ0n) is 11.4. The highest BCUT2D eigenvalue weighted by Gasteiger charge is 2.27. The molecule has 1 aromatic rings. The van der Waals surface area contributed by atoms with Gasteiger partial charge in [-0.25, -0.2) is 4.39 Å². The highest BCUT2D eigenvalue weighted by atomic mass is 19.1. The number of benzene rings is 1. The molecule has 4 heteroatoms. The van der Waals surface area contributed by atoms with Crippen molar-refractivity contribution < 1.29 is 13.9 Å². The van der Waals surface area contributed by atoms with Gasteiger partial charge in [0.05, 0.1) is 18.6 Å². The Morgan fingerprint density at radius 1 is 1.47 bits per heavy atom. The second-order valence-electron chi connectivity index (χ2n) is 5.20. The van der Waals surface area contributed by atoms with E-state index >= 15 is 0 Å². The fourth-order valence-electron chi connectivity index (χ4n) is 2.37. The van der Waals surface area contributed by atoms with Crippen LogP contribution in [-0.2, 0) is 16.0 Å². The number of carbonyl (C=O) groups is 1. The van der Waals surface area contributed by atoms with E-state index in [-0.39, 0.29) is 30.4 Å². The molecule has 0 aliphatic carbocycles. The van der Waals surface area contributed by atoms with Gasteiger partial charge in [0.15, 0.2) is 0 Å². The van der Waals surface area contributed by atoms with Crippen molar-refractivity contribution in [2.75, 3.05) is 13.1 Å². The predicted molar refractivity (Wildman–Crippen MR) is 71.3 cm³/mol. The summed E-state index contributed by atoms with van der Waals surface area (Å²) in [5, 5.41) is 0. The van der Waals surface area contributed by atoms with Crippen LogP contribution < -0.4 is 0 Å². The van der Waals surface area contributed by atoms with E-state index in [0.717, 1.165) is 6.42 Å². The number of nitrogens with zero attached hydrogens (tertiary/aromatic N) is 1. The first kappa shape index (κ1) is 14.0. The summed E-state index contributed by atoms with van der Waals surface area (Å²) in [7, 11) is 0. The zero-order valence-corrected chi connectivity index (χ0v) is 11.4. The van der Waals surface area contributed by atoms with Crippen LogP contribution in [0, 0.1) is 5.82 Å². The van der Waals surface area contributed by atoms with Crippen LogP contribution in [0.2, 0.25) is 0 Å². The molecule has 1 heterocycles. The van der Waals surface area contributed by atoms with Crippen LogP contribution in [0.3, 0.4) is 0 Å². The van der Waals surface area contributed by atoms with Crippen molar-refractivity contribution in [3.8, 4) is 0 Å². The number of halogens is 1. The van der Waals surface area contributed by atoms with Gasteiger partial charge in [-0.1, -0.05) is 18.2 Å². The average Bonchev–Trinajstić information content (AvgIpc) is 2.79. The molecule has 3 nitrogen and oxygen atoms in total. The second-order valence-corrected chi connectivity index (χ2v) is 5.20. The number of hydrogen-bond acceptors (Lipinski definition) is 2. The van der Waals surface area contributed by atoms with Crippen LogP contribution in [-0.4, -0.2) is 36.1 Å². The summed E-state index contributed by atoms with van der Waals surface area (Å²) in [4.78, 5) is 13.9. The van der Waals surface area contributed by atoms with Gasteiger partial charge in [0.1, 0.15) is 5.82 Å². The molecule has 1 saturated heterocycles. The molecule has 0 spiro atoms. The molecule has 0 N–H and O–H groups in total. The van der Waals surface area contributed by atoms with Crippen molar-refractivity contribution >= 4 is 5.91 Å². The van der Waals surface area contributed by atoms with Gasteiger partial charge in [0, 0.05) is 13.1 Å². The Bertz CT molecular complexity index is 448. The van der Waals surface area contributed by atoms with Crippen LogP contribution in [0.4, 0.5) is 4.39 Å². The maximum absolute atomic E-state index is 13.5. The van der Waals surface area contributed by atoms with Gasteiger partial charge >= 0.3 is 0 Å². The van der Waals surface area contributed by atoms with Crippen LogP contribution in [0.5, 0.6) is 0 Å². The lowest BCUT2D eigenvalue weighted by Gasteiger charge is -2.18. The Morgan fingerprint density at radius 3 is 2.89 bits per heavy atom. The van der Waals surface area contributed by atoms with E-state index in [9.17, 15) is 9.18 Å². The maximum atomic E-state index is 13.5. The Morgan fingerprint density at radius 2 is 2.21 bits per heavy atom. The van der Waals surface area contributed by atoms with Gasteiger partial charge in [-0.2, -0.15) is 0 Å². The van der Waals surface area contributed by atoms with Crippen molar-refractivity contribution in [3.63, 3.8) is 0 Å². The molecule has 1 aliphatic heterocycles. The number of rotatable bonds is 4. The molecule has 0 bridgehead atoms. The van der Waals surface area contributed by atoms with Gasteiger partial charge in [-0.05, 0) is 31.9 Å². The van der Waals surface area contributed by atoms with Gasteiger partial charge in [-0.3, -0.25) is 4.79 Å². The van der Waals surface area contributed by atoms with E-state index in [1.54, 1.807) is 23.1 Å². The van der Waals surface area contributed by atoms with E-state index in [0.29, 0.717) is 18.7 Å². The summed E-state index contributed by atoms with van der Waals surface area (Å²) >= 11 is 0. The standard InChI is InChI=1S/C15H20FNO2/c1-11(2)19-13-7-8-17(10-13)15(18)9-12-5-3-4-6-14(12)16/h3-6,11,13H,7-10H2,1-2H3/t13-/m1/s1. The third-order valence-electron chi connectivity index (χ3n) is 3.26. The molecular formula is C15H20FNO2. The summed E-state index contributed by atoms with van der Waals surface area (Å²) in [5.74, 6) is -0.343. The minimum atomic E-state index is -0.315. The van der Waals surface area contributed by atoms with Crippen molar-refractivity contribution in [3.05, 3.63) is 35.6 Å². The number of hydrogen-bond donors (Lipinski definition) is 0. The molecule has 1 atom stereocenters. The molecule has 2 rings (SSSR count). The molecule has 0 unspecified atom stereocenters. The van der Waals surface area contributed by atoms with Gasteiger partial charge in [-0.15, -0.1) is 0 Å². The summed E-state index contributed by atoms with van der Waals surface area (Å²) < 4.78 is 19.2. The van der Waals surface area contributed by atoms with Crippen LogP contribution in [0.25, 0.3) is 0 Å². The van der Waals surface area contributed by atoms with Crippen LogP contribution >= 0.6 is 0 Å². The fourth-order valence-corrected chi connectivity index (χ4v) is 2.37. The maximum Gasteiger partial charge on any atom is 0.227 e. The summed E-state index contributed by atoms with van der Waals surface area (Å²) in [6.07, 6.45) is 1.28. The lowest BCUT2D eigenvalue weighted by Crippen LogP contribution is -2.32. The highest BCUT2D eigenvalue weighted by molar-refractivity contribution is 5.79. The monoisotopic (exact) mass is 265 g/mol. The molecule has 1 aromatic carbocycles. The number of amides is 1. The number of ether oxygens (including phenoxy) is 1. The quantitative estimate of drug-likeness (QED) is 0.836. The van der Waals surface area contributed by atoms with E-state index in [1.165, 1.54) is 6.07 Å². The third kappa shape index (κ3) is 3.77. The molecule has 0 radical (unpaired) electrons. The Labute approximate surface area is 113 Å². The van der Waals surface area contributed by atoms with Crippen LogP contribution in [0.1, 0.15) is 25.8 Å². The molecular weight excluding hydrogens is 245 g/mol. The van der Waals surface area contributed by atoms with Gasteiger partial charge < -0.3 is 9.64 Å². The first-order chi connectivity index (χ1) is 9.06. The fraction of sp³-hybridized carbons (Fsp3) is 0.533. The smallest absolute Gasteiger partial charge is 0.227 e. The lowest BCUT2D eigenvalue weighted by molar-refractivity contribution is -0.130. The van der Waals surface area contributed by atoms with E-state index in [2.05, 4.69) is 0 Å². The van der Waals surface area contributed by atoms with Gasteiger partial charge in [0.25, 0.3) is 0 Å². The molecule has 1 amide bonds. The Balaban J connectivity index is 1.90. The summed E-state index contributed by atoms with van der Waals surface area (Å²) in [6.45, 7) is 5.30. The molecule has 1 aliphatic rings. The third-order valence-corrected chi connectivity index (χ3v) is 3.26. The average molecular weight is 265 g/mol. The highest BCUT2D eigenvalue weighted by Crippen LogP contribution is 2.16. The Hall–Kier alpha value is -1.42. The van der Waals surface area contributed by atoms with Crippen LogP contribution in [0.15, 0.2) is 24.3 Å². The van der Waals surface area contributed by atoms with Gasteiger partial charge in [0.2, 0.25) is 5.91 Å². The van der Waals surface area contributed by atoms with Crippen molar-refractivity contribution in [1.29, 1.82) is 0 Å². The minimum Gasteiger partial charge on any atom is -0.374 e. The molecule has 0 saturated carbocycles. The summed E-state index contributed by atoms with van der Waals surface area (Å²) in [6, 6.07) is 6.43. The normalized spacial score (nSPS) is 19.2. The van der Waals surface area contributed by atoms with Crippen molar-refractivity contribution in [2.24, 2.45) is 0 Å². The van der Waals surface area contributed by atoms with Crippen molar-refractivity contribution in [1.82, 2.24) is 4.90 Å². The lowest BCUT2D eigenvalue weighted by atomic mass is 10.1. The second kappa shape index (κ2) is 6.15. The largest absolute Gasteiger partial charge is 0.374 e. The topological polar surface area (TPSA) is 29.5 Å². The SMILES string of the molecule is CC(C)O[C@@H]1CCN(C(=O)Cc2ccccc2F)C1. The number of carbonyl (C=O) groups excluding carboxylic acids is 1. The first-order valence-electron chi connectivity index (χ1n) is 6.73. The molecule has 1 fully saturated rings. The number of likely N-dealkylation sites (tertiary alicyclic amines) is 1. The van der Waals surface area contributed by atoms with E-state index in [1.807, 2.05) is 13.8 Å².